The molecule has 11 heteroatoms. The Morgan fingerprint density at radius 1 is 1.21 bits per heavy atom. The second-order valence-corrected chi connectivity index (χ2v) is 9.93. The number of nitriles is 1. The molecule has 0 N–H and O–H groups in total. The predicted molar refractivity (Wildman–Crippen MR) is 120 cm³/mol. The van der Waals surface area contributed by atoms with Crippen molar-refractivity contribution in [2.75, 3.05) is 19.6 Å². The third-order valence-electron chi connectivity index (χ3n) is 5.76. The van der Waals surface area contributed by atoms with E-state index in [0.717, 1.165) is 6.42 Å². The van der Waals surface area contributed by atoms with Gasteiger partial charge in [-0.3, -0.25) is 4.79 Å². The van der Waals surface area contributed by atoms with Crippen LogP contribution in [0.4, 0.5) is 0 Å². The maximum absolute atomic E-state index is 13.3. The summed E-state index contributed by atoms with van der Waals surface area (Å²) in [4.78, 5) is 14.9. The average Bonchev–Trinajstić information content (AvgIpc) is 3.56. The average molecular weight is 484 g/mol. The summed E-state index contributed by atoms with van der Waals surface area (Å²) in [5, 5.41) is 17.3. The quantitative estimate of drug-likeness (QED) is 0.477. The third kappa shape index (κ3) is 4.88. The topological polar surface area (TPSA) is 134 Å². The molecular formula is C23H25N5O5S. The van der Waals surface area contributed by atoms with Gasteiger partial charge in [0.2, 0.25) is 21.8 Å². The number of benzene rings is 1. The van der Waals surface area contributed by atoms with Crippen molar-refractivity contribution >= 4 is 15.9 Å². The fourth-order valence-corrected chi connectivity index (χ4v) is 5.65. The minimum atomic E-state index is -3.81. The predicted octanol–water partition coefficient (Wildman–Crippen LogP) is 3.04. The van der Waals surface area contributed by atoms with Gasteiger partial charge in [0.05, 0.1) is 23.3 Å². The molecule has 0 aliphatic carbocycles. The molecule has 0 bridgehead atoms. The van der Waals surface area contributed by atoms with E-state index in [1.807, 2.05) is 13.0 Å². The molecule has 0 radical (unpaired) electrons. The number of nitrogens with zero attached hydrogens (tertiary/aromatic N) is 5. The molecule has 1 saturated heterocycles. The number of furan rings is 1. The van der Waals surface area contributed by atoms with E-state index in [-0.39, 0.29) is 47.8 Å². The van der Waals surface area contributed by atoms with Crippen molar-refractivity contribution in [3.63, 3.8) is 0 Å². The van der Waals surface area contributed by atoms with E-state index in [9.17, 15) is 18.5 Å². The zero-order chi connectivity index (χ0) is 24.1. The summed E-state index contributed by atoms with van der Waals surface area (Å²) in [6, 6.07) is 11.5. The van der Waals surface area contributed by atoms with E-state index in [1.54, 1.807) is 29.2 Å². The lowest BCUT2D eigenvalue weighted by atomic mass is 9.96. The lowest BCUT2D eigenvalue weighted by Gasteiger charge is -2.33. The van der Waals surface area contributed by atoms with Gasteiger partial charge in [0.1, 0.15) is 6.07 Å². The molecule has 4 rings (SSSR count). The van der Waals surface area contributed by atoms with E-state index >= 15 is 0 Å². The van der Waals surface area contributed by atoms with E-state index in [0.29, 0.717) is 31.0 Å². The van der Waals surface area contributed by atoms with E-state index in [2.05, 4.69) is 10.2 Å². The summed E-state index contributed by atoms with van der Waals surface area (Å²) < 4.78 is 38.4. The molecule has 2 aromatic heterocycles. The number of carbonyl (C=O) groups excluding carboxylic acids is 1. The molecule has 1 aliphatic rings. The van der Waals surface area contributed by atoms with Crippen LogP contribution in [0, 0.1) is 17.2 Å². The molecule has 0 saturated carbocycles. The standard InChI is InChI=1S/C23H25N5O5S/c1-2-11-27(16-21-25-26-22(33-21)19-7-5-14-32-19)23(29)17-9-12-28(13-10-17)34(30,31)20-8-4-3-6-18(20)15-24/h3-8,14,17H,2,9-13,16H2,1H3. The van der Waals surface area contributed by atoms with Gasteiger partial charge < -0.3 is 13.7 Å². The van der Waals surface area contributed by atoms with Crippen LogP contribution in [-0.2, 0) is 21.4 Å². The molecule has 3 aromatic rings. The van der Waals surface area contributed by atoms with Crippen molar-refractivity contribution in [3.05, 3.63) is 54.1 Å². The van der Waals surface area contributed by atoms with Gasteiger partial charge in [0.25, 0.3) is 5.89 Å². The van der Waals surface area contributed by atoms with Crippen LogP contribution < -0.4 is 0 Å². The van der Waals surface area contributed by atoms with Gasteiger partial charge in [-0.15, -0.1) is 10.2 Å². The monoisotopic (exact) mass is 483 g/mol. The van der Waals surface area contributed by atoms with Crippen molar-refractivity contribution in [2.45, 2.75) is 37.6 Å². The van der Waals surface area contributed by atoms with Crippen LogP contribution in [0.2, 0.25) is 0 Å². The van der Waals surface area contributed by atoms with Crippen LogP contribution in [0.1, 0.15) is 37.6 Å². The summed E-state index contributed by atoms with van der Waals surface area (Å²) in [5.41, 5.74) is 0.114. The van der Waals surface area contributed by atoms with E-state index in [1.165, 1.54) is 22.7 Å². The number of sulfonamides is 1. The van der Waals surface area contributed by atoms with Gasteiger partial charge in [0, 0.05) is 25.6 Å². The van der Waals surface area contributed by atoms with Gasteiger partial charge in [-0.05, 0) is 43.5 Å². The summed E-state index contributed by atoms with van der Waals surface area (Å²) in [7, 11) is -3.81. The summed E-state index contributed by atoms with van der Waals surface area (Å²) in [6.07, 6.45) is 3.06. The Labute approximate surface area is 197 Å². The molecule has 1 fully saturated rings. The number of hydrogen-bond acceptors (Lipinski definition) is 8. The normalized spacial score (nSPS) is 15.2. The minimum absolute atomic E-state index is 0.00126. The van der Waals surface area contributed by atoms with Crippen LogP contribution in [-0.4, -0.2) is 53.4 Å². The first-order valence-electron chi connectivity index (χ1n) is 11.1. The molecule has 1 amide bonds. The van der Waals surface area contributed by atoms with Crippen molar-refractivity contribution in [3.8, 4) is 17.7 Å². The van der Waals surface area contributed by atoms with Crippen LogP contribution in [0.15, 0.2) is 56.4 Å². The molecule has 1 aliphatic heterocycles. The van der Waals surface area contributed by atoms with Gasteiger partial charge >= 0.3 is 0 Å². The first-order valence-corrected chi connectivity index (χ1v) is 12.5. The second kappa shape index (κ2) is 10.2. The molecule has 0 unspecified atom stereocenters. The van der Waals surface area contributed by atoms with Crippen LogP contribution >= 0.6 is 0 Å². The Hall–Kier alpha value is -3.49. The number of amides is 1. The Morgan fingerprint density at radius 2 is 1.97 bits per heavy atom. The Bertz CT molecular complexity index is 1270. The molecular weight excluding hydrogens is 458 g/mol. The summed E-state index contributed by atoms with van der Waals surface area (Å²) in [5.74, 6) is 0.644. The highest BCUT2D eigenvalue weighted by molar-refractivity contribution is 7.89. The first kappa shape index (κ1) is 23.7. The molecule has 1 aromatic carbocycles. The maximum atomic E-state index is 13.3. The zero-order valence-electron chi connectivity index (χ0n) is 18.8. The number of rotatable bonds is 8. The van der Waals surface area contributed by atoms with Crippen LogP contribution in [0.3, 0.4) is 0 Å². The molecule has 0 atom stereocenters. The smallest absolute Gasteiger partial charge is 0.283 e. The molecule has 34 heavy (non-hydrogen) atoms. The number of hydrogen-bond donors (Lipinski definition) is 0. The fourth-order valence-electron chi connectivity index (χ4n) is 4.04. The van der Waals surface area contributed by atoms with Crippen LogP contribution in [0.5, 0.6) is 0 Å². The Balaban J connectivity index is 1.41. The molecule has 10 nitrogen and oxygen atoms in total. The van der Waals surface area contributed by atoms with Gasteiger partial charge in [0.15, 0.2) is 5.76 Å². The number of aromatic nitrogens is 2. The molecule has 178 valence electrons. The maximum Gasteiger partial charge on any atom is 0.283 e. The Kier molecular flexibility index (Phi) is 7.09. The highest BCUT2D eigenvalue weighted by Crippen LogP contribution is 2.27. The Morgan fingerprint density at radius 3 is 2.65 bits per heavy atom. The lowest BCUT2D eigenvalue weighted by molar-refractivity contribution is -0.137. The molecule has 3 heterocycles. The van der Waals surface area contributed by atoms with Crippen molar-refractivity contribution in [1.29, 1.82) is 5.26 Å². The largest absolute Gasteiger partial charge is 0.459 e. The highest BCUT2D eigenvalue weighted by Gasteiger charge is 2.35. The number of carbonyl (C=O) groups is 1. The van der Waals surface area contributed by atoms with Gasteiger partial charge in [-0.25, -0.2) is 8.42 Å². The van der Waals surface area contributed by atoms with Gasteiger partial charge in [-0.1, -0.05) is 19.1 Å². The van der Waals surface area contributed by atoms with Gasteiger partial charge in [-0.2, -0.15) is 9.57 Å². The summed E-state index contributed by atoms with van der Waals surface area (Å²) >= 11 is 0. The number of piperidine rings is 1. The van der Waals surface area contributed by atoms with Crippen molar-refractivity contribution in [1.82, 2.24) is 19.4 Å². The zero-order valence-corrected chi connectivity index (χ0v) is 19.6. The van der Waals surface area contributed by atoms with E-state index in [4.69, 9.17) is 8.83 Å². The first-order chi connectivity index (χ1) is 16.4. The third-order valence-corrected chi connectivity index (χ3v) is 7.72. The second-order valence-electron chi connectivity index (χ2n) is 8.02. The van der Waals surface area contributed by atoms with Crippen LogP contribution in [0.25, 0.3) is 11.7 Å². The SMILES string of the molecule is CCCN(Cc1nnc(-c2ccco2)o1)C(=O)C1CCN(S(=O)(=O)c2ccccc2C#N)CC1. The summed E-state index contributed by atoms with van der Waals surface area (Å²) in [6.45, 7) is 3.09. The fraction of sp³-hybridized carbons (Fsp3) is 0.391. The lowest BCUT2D eigenvalue weighted by Crippen LogP contribution is -2.44. The van der Waals surface area contributed by atoms with Crippen molar-refractivity contribution < 1.29 is 22.0 Å². The minimum Gasteiger partial charge on any atom is -0.459 e. The highest BCUT2D eigenvalue weighted by atomic mass is 32.2. The molecule has 0 spiro atoms. The van der Waals surface area contributed by atoms with E-state index < -0.39 is 10.0 Å². The van der Waals surface area contributed by atoms with Crippen molar-refractivity contribution in [2.24, 2.45) is 5.92 Å².